The van der Waals surface area contributed by atoms with Crippen molar-refractivity contribution < 1.29 is 19.1 Å². The summed E-state index contributed by atoms with van der Waals surface area (Å²) in [4.78, 5) is 26.6. The maximum absolute atomic E-state index is 11.9. The van der Waals surface area contributed by atoms with Gasteiger partial charge < -0.3 is 14.5 Å². The number of nitrogens with one attached hydrogen (secondary N) is 1. The van der Waals surface area contributed by atoms with E-state index < -0.39 is 11.6 Å². The number of allylic oxidation sites excluding steroid dienone is 1. The average Bonchev–Trinajstić information content (AvgIpc) is 2.85. The number of fused-ring (bicyclic) bond motifs is 1. The van der Waals surface area contributed by atoms with Crippen LogP contribution >= 0.6 is 27.5 Å². The largest absolute Gasteiger partial charge is 0.464 e. The Bertz CT molecular complexity index is 865. The van der Waals surface area contributed by atoms with Crippen molar-refractivity contribution in [1.29, 1.82) is 0 Å². The molecule has 2 aromatic rings. The number of aromatic nitrogens is 1. The fraction of sp³-hybridized carbons (Fsp3) is 0.368. The molecule has 0 aliphatic rings. The van der Waals surface area contributed by atoms with Gasteiger partial charge in [0.2, 0.25) is 0 Å². The first-order valence-corrected chi connectivity index (χ1v) is 9.27. The third-order valence-electron chi connectivity index (χ3n) is 3.51. The minimum absolute atomic E-state index is 0.343. The molecule has 0 aliphatic heterocycles. The predicted octanol–water partition coefficient (Wildman–Crippen LogP) is 5.20. The number of halogens is 2. The lowest BCUT2D eigenvalue weighted by Crippen LogP contribution is -2.22. The van der Waals surface area contributed by atoms with Gasteiger partial charge in [-0.2, -0.15) is 0 Å². The van der Waals surface area contributed by atoms with Crippen LogP contribution in [-0.2, 0) is 20.7 Å². The number of carbonyl (C=O) groups excluding carboxylic acids is 2. The number of hydrogen-bond acceptors (Lipinski definition) is 4. The van der Waals surface area contributed by atoms with Gasteiger partial charge in [0.1, 0.15) is 11.3 Å². The van der Waals surface area contributed by atoms with Crippen LogP contribution in [0, 0.1) is 0 Å². The van der Waals surface area contributed by atoms with Crippen molar-refractivity contribution in [2.24, 2.45) is 0 Å². The predicted molar refractivity (Wildman–Crippen MR) is 106 cm³/mol. The third kappa shape index (κ3) is 5.11. The van der Waals surface area contributed by atoms with Crippen LogP contribution in [0.25, 0.3) is 10.9 Å². The zero-order valence-corrected chi connectivity index (χ0v) is 17.5. The molecule has 0 fully saturated rings. The summed E-state index contributed by atoms with van der Waals surface area (Å²) >= 11 is 9.66. The number of benzene rings is 1. The van der Waals surface area contributed by atoms with Crippen LogP contribution in [0.3, 0.4) is 0 Å². The van der Waals surface area contributed by atoms with E-state index in [1.54, 1.807) is 12.1 Å². The summed E-state index contributed by atoms with van der Waals surface area (Å²) < 4.78 is 10.7. The molecule has 5 nitrogen and oxygen atoms in total. The average molecular weight is 443 g/mol. The van der Waals surface area contributed by atoms with E-state index in [4.69, 9.17) is 21.1 Å². The molecular formula is C19H21BrClNO4. The molecule has 2 rings (SSSR count). The highest BCUT2D eigenvalue weighted by atomic mass is 79.9. The van der Waals surface area contributed by atoms with E-state index >= 15 is 0 Å². The van der Waals surface area contributed by atoms with Crippen LogP contribution in [0.1, 0.15) is 43.2 Å². The number of esters is 2. The molecule has 1 aromatic heterocycles. The second-order valence-electron chi connectivity index (χ2n) is 6.77. The minimum Gasteiger partial charge on any atom is -0.464 e. The Morgan fingerprint density at radius 3 is 2.62 bits per heavy atom. The highest BCUT2D eigenvalue weighted by Crippen LogP contribution is 2.34. The quantitative estimate of drug-likeness (QED) is 0.510. The van der Waals surface area contributed by atoms with Crippen LogP contribution < -0.4 is 0 Å². The lowest BCUT2D eigenvalue weighted by molar-refractivity contribution is -0.148. The molecule has 1 aromatic carbocycles. The molecule has 0 aliphatic carbocycles. The standard InChI is InChI=1S/C19H21BrClNO4/c1-19(2,3)26-14(23)8-6-5-7-11-9-12(21)10-13-15(11)16(20)17(22-13)18(24)25-4/h6,8-10,22H,5,7H2,1-4H3. The number of methoxy groups -OCH3 is 1. The Hall–Kier alpha value is -1.79. The Balaban J connectivity index is 2.20. The van der Waals surface area contributed by atoms with Crippen LogP contribution in [0.5, 0.6) is 0 Å². The molecular weight excluding hydrogens is 422 g/mol. The van der Waals surface area contributed by atoms with Gasteiger partial charge in [-0.25, -0.2) is 9.59 Å². The van der Waals surface area contributed by atoms with Gasteiger partial charge in [0, 0.05) is 22.0 Å². The van der Waals surface area contributed by atoms with Crippen LogP contribution in [0.4, 0.5) is 0 Å². The Morgan fingerprint density at radius 1 is 1.31 bits per heavy atom. The lowest BCUT2D eigenvalue weighted by atomic mass is 10.0. The SMILES string of the molecule is COC(=O)c1[nH]c2cc(Cl)cc(CCC=CC(=O)OC(C)(C)C)c2c1Br. The number of hydrogen-bond donors (Lipinski definition) is 1. The number of rotatable bonds is 5. The monoisotopic (exact) mass is 441 g/mol. The number of aromatic amines is 1. The molecule has 0 atom stereocenters. The maximum Gasteiger partial charge on any atom is 0.355 e. The van der Waals surface area contributed by atoms with Gasteiger partial charge in [0.25, 0.3) is 0 Å². The maximum atomic E-state index is 11.9. The van der Waals surface area contributed by atoms with Gasteiger partial charge in [-0.3, -0.25) is 0 Å². The first-order valence-electron chi connectivity index (χ1n) is 8.10. The van der Waals surface area contributed by atoms with Crippen LogP contribution in [-0.4, -0.2) is 29.6 Å². The van der Waals surface area contributed by atoms with Gasteiger partial charge in [0.05, 0.1) is 11.6 Å². The van der Waals surface area contributed by atoms with Gasteiger partial charge >= 0.3 is 11.9 Å². The summed E-state index contributed by atoms with van der Waals surface area (Å²) in [6.07, 6.45) is 4.47. The van der Waals surface area contributed by atoms with Gasteiger partial charge in [0.15, 0.2) is 0 Å². The van der Waals surface area contributed by atoms with E-state index in [0.29, 0.717) is 28.0 Å². The second kappa shape index (κ2) is 8.27. The van der Waals surface area contributed by atoms with Crippen molar-refractivity contribution in [3.05, 3.63) is 45.0 Å². The van der Waals surface area contributed by atoms with Gasteiger partial charge in [-0.1, -0.05) is 17.7 Å². The molecule has 0 unspecified atom stereocenters. The second-order valence-corrected chi connectivity index (χ2v) is 8.00. The van der Waals surface area contributed by atoms with E-state index in [0.717, 1.165) is 16.5 Å². The molecule has 0 spiro atoms. The van der Waals surface area contributed by atoms with Crippen molar-refractivity contribution in [3.63, 3.8) is 0 Å². The number of ether oxygens (including phenoxy) is 2. The smallest absolute Gasteiger partial charge is 0.355 e. The van der Waals surface area contributed by atoms with Crippen molar-refractivity contribution >= 4 is 50.4 Å². The van der Waals surface area contributed by atoms with Gasteiger partial charge in [-0.15, -0.1) is 0 Å². The van der Waals surface area contributed by atoms with Crippen molar-refractivity contribution in [2.75, 3.05) is 7.11 Å². The molecule has 0 saturated carbocycles. The highest BCUT2D eigenvalue weighted by Gasteiger charge is 2.19. The molecule has 140 valence electrons. The number of carbonyl (C=O) groups is 2. The molecule has 0 bridgehead atoms. The molecule has 1 N–H and O–H groups in total. The topological polar surface area (TPSA) is 68.4 Å². The van der Waals surface area contributed by atoms with E-state index in [-0.39, 0.29) is 5.97 Å². The Labute approximate surface area is 165 Å². The molecule has 7 heteroatoms. The van der Waals surface area contributed by atoms with Crippen molar-refractivity contribution in [3.8, 4) is 0 Å². The Kier molecular flexibility index (Phi) is 6.53. The first-order chi connectivity index (χ1) is 12.1. The van der Waals surface area contributed by atoms with E-state index in [2.05, 4.69) is 20.9 Å². The summed E-state index contributed by atoms with van der Waals surface area (Å²) in [5.41, 5.74) is 1.53. The number of aryl methyl sites for hydroxylation is 1. The number of H-pyrrole nitrogens is 1. The Morgan fingerprint density at radius 2 is 2.00 bits per heavy atom. The van der Waals surface area contributed by atoms with Crippen molar-refractivity contribution in [1.82, 2.24) is 4.98 Å². The fourth-order valence-corrected chi connectivity index (χ4v) is 3.50. The van der Waals surface area contributed by atoms with Crippen molar-refractivity contribution in [2.45, 2.75) is 39.2 Å². The zero-order valence-electron chi connectivity index (χ0n) is 15.1. The summed E-state index contributed by atoms with van der Waals surface area (Å²) in [5.74, 6) is -0.829. The van der Waals surface area contributed by atoms with E-state index in [1.165, 1.54) is 13.2 Å². The van der Waals surface area contributed by atoms with Crippen LogP contribution in [0.15, 0.2) is 28.8 Å². The highest BCUT2D eigenvalue weighted by molar-refractivity contribution is 9.10. The molecule has 26 heavy (non-hydrogen) atoms. The normalized spacial score (nSPS) is 11.9. The summed E-state index contributed by atoms with van der Waals surface area (Å²) in [7, 11) is 1.33. The summed E-state index contributed by atoms with van der Waals surface area (Å²) in [6, 6.07) is 3.61. The minimum atomic E-state index is -0.513. The molecule has 0 saturated heterocycles. The third-order valence-corrected chi connectivity index (χ3v) is 4.53. The van der Waals surface area contributed by atoms with Gasteiger partial charge in [-0.05, 0) is 67.2 Å². The summed E-state index contributed by atoms with van der Waals surface area (Å²) in [6.45, 7) is 5.47. The van der Waals surface area contributed by atoms with E-state index in [1.807, 2.05) is 26.8 Å². The summed E-state index contributed by atoms with van der Waals surface area (Å²) in [5, 5.41) is 1.44. The molecule has 0 radical (unpaired) electrons. The van der Waals surface area contributed by atoms with E-state index in [9.17, 15) is 9.59 Å². The zero-order chi connectivity index (χ0) is 19.5. The van der Waals surface area contributed by atoms with Crippen LogP contribution in [0.2, 0.25) is 5.02 Å². The fourth-order valence-electron chi connectivity index (χ4n) is 2.53. The first kappa shape index (κ1) is 20.5. The molecule has 1 heterocycles. The molecule has 0 amide bonds. The lowest BCUT2D eigenvalue weighted by Gasteiger charge is -2.17.